The van der Waals surface area contributed by atoms with Crippen molar-refractivity contribution in [3.8, 4) is 0 Å². The van der Waals surface area contributed by atoms with Gasteiger partial charge in [0.15, 0.2) is 0 Å². The summed E-state index contributed by atoms with van der Waals surface area (Å²) >= 11 is 5.61. The van der Waals surface area contributed by atoms with Crippen LogP contribution in [0.3, 0.4) is 0 Å². The maximum atomic E-state index is 10.7. The average Bonchev–Trinajstić information content (AvgIpc) is 2.28. The van der Waals surface area contributed by atoms with Gasteiger partial charge < -0.3 is 10.4 Å². The lowest BCUT2D eigenvalue weighted by Gasteiger charge is -2.09. The maximum absolute atomic E-state index is 10.7. The average molecular weight is 261 g/mol. The molecule has 1 aromatic rings. The van der Waals surface area contributed by atoms with Gasteiger partial charge in [-0.1, -0.05) is 18.5 Å². The number of hydrogen-bond donors (Lipinski definition) is 2. The number of hydrogen-bond acceptors (Lipinski definition) is 6. The summed E-state index contributed by atoms with van der Waals surface area (Å²) < 4.78 is 0. The Balaban J connectivity index is 2.71. The molecule has 0 bridgehead atoms. The first kappa shape index (κ1) is 13.6. The Bertz CT molecular complexity index is 402. The lowest BCUT2D eigenvalue weighted by molar-refractivity contribution is -0.384. The van der Waals surface area contributed by atoms with Crippen LogP contribution < -0.4 is 5.32 Å². The van der Waals surface area contributed by atoms with E-state index in [0.717, 1.165) is 6.33 Å². The van der Waals surface area contributed by atoms with Crippen molar-refractivity contribution >= 4 is 23.1 Å². The van der Waals surface area contributed by atoms with Gasteiger partial charge in [0.2, 0.25) is 11.0 Å². The lowest BCUT2D eigenvalue weighted by Crippen LogP contribution is -2.14. The highest BCUT2D eigenvalue weighted by atomic mass is 35.5. The fraction of sp³-hybridized carbons (Fsp3) is 0.556. The molecule has 0 spiro atoms. The smallest absolute Gasteiger partial charge is 0.348 e. The van der Waals surface area contributed by atoms with E-state index in [4.69, 9.17) is 11.6 Å². The predicted octanol–water partition coefficient (Wildman–Crippen LogP) is 1.61. The normalized spacial score (nSPS) is 12.2. The van der Waals surface area contributed by atoms with Crippen LogP contribution in [0.2, 0.25) is 5.15 Å². The largest absolute Gasteiger partial charge is 0.393 e. The number of rotatable bonds is 6. The number of aliphatic hydroxyl groups is 1. The molecule has 7 nitrogen and oxygen atoms in total. The first-order chi connectivity index (χ1) is 8.06. The SMILES string of the molecule is CCC(O)CCNc1ncnc(Cl)c1[N+](=O)[O-]. The van der Waals surface area contributed by atoms with Gasteiger partial charge in [-0.05, 0) is 12.8 Å². The Morgan fingerprint density at radius 3 is 2.94 bits per heavy atom. The van der Waals surface area contributed by atoms with Gasteiger partial charge in [-0.15, -0.1) is 0 Å². The van der Waals surface area contributed by atoms with Crippen LogP contribution in [0.5, 0.6) is 0 Å². The molecule has 0 aliphatic heterocycles. The molecule has 1 unspecified atom stereocenters. The molecule has 0 aliphatic rings. The number of nitrogens with one attached hydrogen (secondary N) is 1. The first-order valence-electron chi connectivity index (χ1n) is 5.13. The molecule has 0 amide bonds. The van der Waals surface area contributed by atoms with E-state index in [1.54, 1.807) is 0 Å². The summed E-state index contributed by atoms with van der Waals surface area (Å²) in [6, 6.07) is 0. The summed E-state index contributed by atoms with van der Waals surface area (Å²) in [5.74, 6) is 0.0679. The van der Waals surface area contributed by atoms with E-state index in [1.807, 2.05) is 6.92 Å². The minimum atomic E-state index is -0.638. The molecule has 8 heteroatoms. The molecule has 94 valence electrons. The monoisotopic (exact) mass is 260 g/mol. The van der Waals surface area contributed by atoms with Crippen LogP contribution in [-0.4, -0.2) is 32.6 Å². The lowest BCUT2D eigenvalue weighted by atomic mass is 10.2. The fourth-order valence-electron chi connectivity index (χ4n) is 1.21. The van der Waals surface area contributed by atoms with E-state index >= 15 is 0 Å². The van der Waals surface area contributed by atoms with E-state index in [0.29, 0.717) is 19.4 Å². The zero-order valence-corrected chi connectivity index (χ0v) is 10.0. The summed E-state index contributed by atoms with van der Waals surface area (Å²) in [4.78, 5) is 17.4. The van der Waals surface area contributed by atoms with Gasteiger partial charge in [-0.25, -0.2) is 9.97 Å². The summed E-state index contributed by atoms with van der Waals surface area (Å²) in [6.07, 6.45) is 1.83. The van der Waals surface area contributed by atoms with Gasteiger partial charge in [-0.3, -0.25) is 10.1 Å². The van der Waals surface area contributed by atoms with Crippen LogP contribution in [0.1, 0.15) is 19.8 Å². The molecule has 0 saturated carbocycles. The summed E-state index contributed by atoms with van der Waals surface area (Å²) in [6.45, 7) is 2.23. The van der Waals surface area contributed by atoms with Crippen molar-refractivity contribution in [2.75, 3.05) is 11.9 Å². The van der Waals surface area contributed by atoms with Crippen LogP contribution in [-0.2, 0) is 0 Å². The summed E-state index contributed by atoms with van der Waals surface area (Å²) in [7, 11) is 0. The van der Waals surface area contributed by atoms with Gasteiger partial charge >= 0.3 is 5.69 Å². The van der Waals surface area contributed by atoms with Crippen LogP contribution in [0.25, 0.3) is 0 Å². The zero-order valence-electron chi connectivity index (χ0n) is 9.26. The van der Waals surface area contributed by atoms with Crippen LogP contribution in [0, 0.1) is 10.1 Å². The summed E-state index contributed by atoms with van der Waals surface area (Å²) in [5, 5.41) is 22.6. The first-order valence-corrected chi connectivity index (χ1v) is 5.50. The van der Waals surface area contributed by atoms with E-state index in [2.05, 4.69) is 15.3 Å². The Morgan fingerprint density at radius 2 is 2.35 bits per heavy atom. The topological polar surface area (TPSA) is 101 Å². The molecule has 0 radical (unpaired) electrons. The molecule has 1 heterocycles. The van der Waals surface area contributed by atoms with E-state index in [1.165, 1.54) is 0 Å². The third kappa shape index (κ3) is 3.79. The molecule has 2 N–H and O–H groups in total. The van der Waals surface area contributed by atoms with E-state index in [9.17, 15) is 15.2 Å². The number of nitro groups is 1. The molecule has 1 aromatic heterocycles. The Labute approximate surface area is 103 Å². The molecular weight excluding hydrogens is 248 g/mol. The highest BCUT2D eigenvalue weighted by molar-refractivity contribution is 6.31. The highest BCUT2D eigenvalue weighted by Crippen LogP contribution is 2.28. The van der Waals surface area contributed by atoms with E-state index in [-0.39, 0.29) is 16.7 Å². The zero-order chi connectivity index (χ0) is 12.8. The van der Waals surface area contributed by atoms with Gasteiger partial charge in [0.1, 0.15) is 6.33 Å². The third-order valence-corrected chi connectivity index (χ3v) is 2.48. The number of anilines is 1. The van der Waals surface area contributed by atoms with Crippen LogP contribution in [0.4, 0.5) is 11.5 Å². The second-order valence-electron chi connectivity index (χ2n) is 3.40. The fourth-order valence-corrected chi connectivity index (χ4v) is 1.41. The molecule has 0 fully saturated rings. The van der Waals surface area contributed by atoms with Crippen molar-refractivity contribution in [3.63, 3.8) is 0 Å². The minimum Gasteiger partial charge on any atom is -0.393 e. The van der Waals surface area contributed by atoms with Crippen molar-refractivity contribution in [2.24, 2.45) is 0 Å². The van der Waals surface area contributed by atoms with Crippen LogP contribution >= 0.6 is 11.6 Å². The van der Waals surface area contributed by atoms with Crippen molar-refractivity contribution in [1.82, 2.24) is 9.97 Å². The number of halogens is 1. The quantitative estimate of drug-likeness (QED) is 0.458. The third-order valence-electron chi connectivity index (χ3n) is 2.20. The molecule has 1 rings (SSSR count). The second kappa shape index (κ2) is 6.31. The highest BCUT2D eigenvalue weighted by Gasteiger charge is 2.21. The number of aromatic nitrogens is 2. The molecule has 17 heavy (non-hydrogen) atoms. The standard InChI is InChI=1S/C9H13ClN4O3/c1-2-6(15)3-4-11-9-7(14(16)17)8(10)12-5-13-9/h5-6,15H,2-4H2,1H3,(H,11,12,13). The predicted molar refractivity (Wildman–Crippen MR) is 63.1 cm³/mol. The van der Waals surface area contributed by atoms with Gasteiger partial charge in [0, 0.05) is 6.54 Å². The van der Waals surface area contributed by atoms with Crippen LogP contribution in [0.15, 0.2) is 6.33 Å². The molecule has 0 aliphatic carbocycles. The molecule has 0 saturated heterocycles. The number of aliphatic hydroxyl groups excluding tert-OH is 1. The number of nitrogens with zero attached hydrogens (tertiary/aromatic N) is 3. The van der Waals surface area contributed by atoms with E-state index < -0.39 is 11.0 Å². The van der Waals surface area contributed by atoms with Crippen molar-refractivity contribution in [2.45, 2.75) is 25.9 Å². The minimum absolute atomic E-state index is 0.0679. The maximum Gasteiger partial charge on any atom is 0.348 e. The van der Waals surface area contributed by atoms with Crippen molar-refractivity contribution < 1.29 is 10.0 Å². The van der Waals surface area contributed by atoms with Gasteiger partial charge in [0.05, 0.1) is 11.0 Å². The van der Waals surface area contributed by atoms with Gasteiger partial charge in [0.25, 0.3) is 0 Å². The van der Waals surface area contributed by atoms with Crippen molar-refractivity contribution in [1.29, 1.82) is 0 Å². The Kier molecular flexibility index (Phi) is 5.05. The Hall–Kier alpha value is -1.47. The Morgan fingerprint density at radius 1 is 1.65 bits per heavy atom. The van der Waals surface area contributed by atoms with Gasteiger partial charge in [-0.2, -0.15) is 0 Å². The summed E-state index contributed by atoms with van der Waals surface area (Å²) in [5.41, 5.74) is -0.347. The molecular formula is C9H13ClN4O3. The molecule has 0 aromatic carbocycles. The van der Waals surface area contributed by atoms with Crippen molar-refractivity contribution in [3.05, 3.63) is 21.6 Å². The molecule has 1 atom stereocenters. The second-order valence-corrected chi connectivity index (χ2v) is 3.75.